The van der Waals surface area contributed by atoms with Crippen molar-refractivity contribution in [2.24, 2.45) is 0 Å². The minimum atomic E-state index is -1.56. The quantitative estimate of drug-likeness (QED) is 0.534. The lowest BCUT2D eigenvalue weighted by molar-refractivity contribution is 0.146. The number of hydrogen-bond acceptors (Lipinski definition) is 2. The lowest BCUT2D eigenvalue weighted by atomic mass is 9.98. The fourth-order valence-electron chi connectivity index (χ4n) is 2.07. The van der Waals surface area contributed by atoms with Gasteiger partial charge in [-0.15, -0.1) is 0 Å². The second-order valence-electron chi connectivity index (χ2n) is 6.53. The predicted octanol–water partition coefficient (Wildman–Crippen LogP) is 3.33. The molecule has 15 heavy (non-hydrogen) atoms. The van der Waals surface area contributed by atoms with Crippen LogP contribution in [0.25, 0.3) is 0 Å². The summed E-state index contributed by atoms with van der Waals surface area (Å²) in [5, 5.41) is 0.328. The Labute approximate surface area is 94.5 Å². The van der Waals surface area contributed by atoms with Crippen LogP contribution in [0.3, 0.4) is 0 Å². The summed E-state index contributed by atoms with van der Waals surface area (Å²) in [6, 6.07) is 0. The molecule has 3 heteroatoms. The molecule has 2 aliphatic rings. The van der Waals surface area contributed by atoms with Crippen LogP contribution < -0.4 is 0 Å². The first-order valence-electron chi connectivity index (χ1n) is 6.13. The van der Waals surface area contributed by atoms with Gasteiger partial charge in [-0.05, 0) is 31.0 Å². The van der Waals surface area contributed by atoms with E-state index in [1.54, 1.807) is 0 Å². The third-order valence-corrected chi connectivity index (χ3v) is 8.76. The maximum atomic E-state index is 6.40. The standard InChI is InChI=1S/C12H24O2Si/c1-12(2,3)15(4,5)14-9-6-7-10-11(8-9)13-10/h9-11H,6-8H2,1-5H3/t9?,10-,11+/m1/s1. The Hall–Kier alpha value is 0.137. The molecular weight excluding hydrogens is 204 g/mol. The van der Waals surface area contributed by atoms with Crippen LogP contribution in [0, 0.1) is 0 Å². The summed E-state index contributed by atoms with van der Waals surface area (Å²) in [5.74, 6) is 0. The van der Waals surface area contributed by atoms with Crippen LogP contribution in [0.4, 0.5) is 0 Å². The Kier molecular flexibility index (Phi) is 2.77. The Bertz CT molecular complexity index is 244. The molecule has 0 radical (unpaired) electrons. The van der Waals surface area contributed by atoms with Crippen LogP contribution >= 0.6 is 0 Å². The Morgan fingerprint density at radius 3 is 2.33 bits per heavy atom. The molecular formula is C12H24O2Si. The van der Waals surface area contributed by atoms with Gasteiger partial charge >= 0.3 is 0 Å². The number of hydrogen-bond donors (Lipinski definition) is 0. The molecule has 0 aromatic heterocycles. The second kappa shape index (κ2) is 3.57. The molecule has 1 saturated carbocycles. The van der Waals surface area contributed by atoms with Gasteiger partial charge in [-0.3, -0.25) is 0 Å². The molecule has 0 spiro atoms. The largest absolute Gasteiger partial charge is 0.414 e. The zero-order valence-electron chi connectivity index (χ0n) is 10.7. The van der Waals surface area contributed by atoms with E-state index in [1.807, 2.05) is 0 Å². The Balaban J connectivity index is 1.90. The molecule has 2 fully saturated rings. The molecule has 3 atom stereocenters. The summed E-state index contributed by atoms with van der Waals surface area (Å²) in [5.41, 5.74) is 0. The molecule has 1 saturated heterocycles. The van der Waals surface area contributed by atoms with E-state index < -0.39 is 8.32 Å². The Morgan fingerprint density at radius 1 is 1.13 bits per heavy atom. The van der Waals surface area contributed by atoms with Crippen molar-refractivity contribution in [3.63, 3.8) is 0 Å². The molecule has 0 N–H and O–H groups in total. The molecule has 0 amide bonds. The highest BCUT2D eigenvalue weighted by Gasteiger charge is 2.47. The van der Waals surface area contributed by atoms with E-state index in [9.17, 15) is 0 Å². The lowest BCUT2D eigenvalue weighted by Gasteiger charge is -2.39. The van der Waals surface area contributed by atoms with Crippen molar-refractivity contribution in [3.05, 3.63) is 0 Å². The first-order chi connectivity index (χ1) is 6.79. The second-order valence-corrected chi connectivity index (χ2v) is 11.3. The minimum Gasteiger partial charge on any atom is -0.414 e. The monoisotopic (exact) mass is 228 g/mol. The highest BCUT2D eigenvalue weighted by atomic mass is 28.4. The Morgan fingerprint density at radius 2 is 1.80 bits per heavy atom. The molecule has 1 unspecified atom stereocenters. The summed E-state index contributed by atoms with van der Waals surface area (Å²) in [6.45, 7) is 11.6. The zero-order valence-corrected chi connectivity index (χ0v) is 11.7. The van der Waals surface area contributed by atoms with E-state index >= 15 is 0 Å². The fourth-order valence-corrected chi connectivity index (χ4v) is 3.47. The summed E-state index contributed by atoms with van der Waals surface area (Å²) < 4.78 is 11.9. The van der Waals surface area contributed by atoms with Crippen molar-refractivity contribution >= 4 is 8.32 Å². The van der Waals surface area contributed by atoms with Gasteiger partial charge in [-0.2, -0.15) is 0 Å². The number of rotatable bonds is 2. The van der Waals surface area contributed by atoms with Crippen molar-refractivity contribution in [3.8, 4) is 0 Å². The van der Waals surface area contributed by atoms with Gasteiger partial charge in [-0.25, -0.2) is 0 Å². The number of fused-ring (bicyclic) bond motifs is 1. The maximum absolute atomic E-state index is 6.40. The van der Waals surface area contributed by atoms with Crippen LogP contribution in [0.5, 0.6) is 0 Å². The van der Waals surface area contributed by atoms with Crippen molar-refractivity contribution < 1.29 is 9.16 Å². The van der Waals surface area contributed by atoms with E-state index in [-0.39, 0.29) is 0 Å². The zero-order chi connectivity index (χ0) is 11.3. The average molecular weight is 228 g/mol. The minimum absolute atomic E-state index is 0.328. The normalized spacial score (nSPS) is 36.2. The molecule has 1 heterocycles. The van der Waals surface area contributed by atoms with E-state index in [4.69, 9.17) is 9.16 Å². The summed E-state index contributed by atoms with van der Waals surface area (Å²) >= 11 is 0. The van der Waals surface area contributed by atoms with E-state index in [1.165, 1.54) is 12.8 Å². The summed E-state index contributed by atoms with van der Waals surface area (Å²) in [6.07, 6.45) is 5.14. The van der Waals surface area contributed by atoms with Crippen LogP contribution in [0.2, 0.25) is 18.1 Å². The van der Waals surface area contributed by atoms with Gasteiger partial charge in [0.1, 0.15) is 0 Å². The highest BCUT2D eigenvalue weighted by molar-refractivity contribution is 6.74. The lowest BCUT2D eigenvalue weighted by Crippen LogP contribution is -2.44. The van der Waals surface area contributed by atoms with Crippen molar-refractivity contribution in [1.29, 1.82) is 0 Å². The first-order valence-corrected chi connectivity index (χ1v) is 9.04. The number of epoxide rings is 1. The molecule has 2 rings (SSSR count). The molecule has 2 nitrogen and oxygen atoms in total. The first kappa shape index (κ1) is 11.6. The van der Waals surface area contributed by atoms with Gasteiger partial charge in [0, 0.05) is 12.5 Å². The van der Waals surface area contributed by atoms with Crippen LogP contribution in [0.1, 0.15) is 40.0 Å². The van der Waals surface area contributed by atoms with Crippen LogP contribution in [-0.4, -0.2) is 26.6 Å². The van der Waals surface area contributed by atoms with Crippen LogP contribution in [0.15, 0.2) is 0 Å². The molecule has 1 aliphatic heterocycles. The third-order valence-electron chi connectivity index (χ3n) is 4.22. The molecule has 0 bridgehead atoms. The van der Waals surface area contributed by atoms with Crippen molar-refractivity contribution in [2.75, 3.05) is 0 Å². The van der Waals surface area contributed by atoms with Crippen molar-refractivity contribution in [1.82, 2.24) is 0 Å². The van der Waals surface area contributed by atoms with Gasteiger partial charge in [0.2, 0.25) is 0 Å². The summed E-state index contributed by atoms with van der Waals surface area (Å²) in [7, 11) is -1.56. The smallest absolute Gasteiger partial charge is 0.192 e. The SMILES string of the molecule is CC(C)(C)[Si](C)(C)OC1CC[C@H]2O[C@H]2C1. The molecule has 1 aliphatic carbocycles. The molecule has 0 aromatic carbocycles. The highest BCUT2D eigenvalue weighted by Crippen LogP contribution is 2.42. The van der Waals surface area contributed by atoms with Crippen molar-refractivity contribution in [2.45, 2.75) is 76.5 Å². The van der Waals surface area contributed by atoms with E-state index in [0.29, 0.717) is 23.4 Å². The van der Waals surface area contributed by atoms with Gasteiger partial charge in [-0.1, -0.05) is 20.8 Å². The van der Waals surface area contributed by atoms with Crippen LogP contribution in [-0.2, 0) is 9.16 Å². The average Bonchev–Trinajstić information content (AvgIpc) is 2.78. The third kappa shape index (κ3) is 2.45. The molecule has 0 aromatic rings. The van der Waals surface area contributed by atoms with Gasteiger partial charge in [0.25, 0.3) is 0 Å². The van der Waals surface area contributed by atoms with E-state index in [0.717, 1.165) is 6.42 Å². The fraction of sp³-hybridized carbons (Fsp3) is 1.00. The van der Waals surface area contributed by atoms with E-state index in [2.05, 4.69) is 33.9 Å². The van der Waals surface area contributed by atoms with Gasteiger partial charge < -0.3 is 9.16 Å². The maximum Gasteiger partial charge on any atom is 0.192 e. The topological polar surface area (TPSA) is 21.8 Å². The predicted molar refractivity (Wildman–Crippen MR) is 64.6 cm³/mol. The number of ether oxygens (including phenoxy) is 1. The van der Waals surface area contributed by atoms with Gasteiger partial charge in [0.15, 0.2) is 8.32 Å². The summed E-state index contributed by atoms with van der Waals surface area (Å²) in [4.78, 5) is 0. The van der Waals surface area contributed by atoms with Gasteiger partial charge in [0.05, 0.1) is 12.2 Å². The molecule has 88 valence electrons.